The number of thiophene rings is 1. The molecular formula is C15H12ClN7O4S. The summed E-state index contributed by atoms with van der Waals surface area (Å²) in [5.41, 5.74) is -0.716. The van der Waals surface area contributed by atoms with Gasteiger partial charge in [-0.15, -0.1) is 16.4 Å². The van der Waals surface area contributed by atoms with Crippen molar-refractivity contribution in [1.29, 1.82) is 0 Å². The molecule has 11 nitrogen and oxygen atoms in total. The molecule has 0 radical (unpaired) electrons. The Balaban J connectivity index is 1.57. The van der Waals surface area contributed by atoms with E-state index in [0.717, 1.165) is 4.57 Å². The molecule has 4 aromatic rings. The molecule has 0 aromatic carbocycles. The van der Waals surface area contributed by atoms with E-state index in [0.29, 0.717) is 9.21 Å². The smallest absolute Gasteiger partial charge is 0.332 e. The lowest BCUT2D eigenvalue weighted by Crippen LogP contribution is -2.37. The van der Waals surface area contributed by atoms with E-state index in [9.17, 15) is 14.4 Å². The highest BCUT2D eigenvalue weighted by Crippen LogP contribution is 2.30. The fraction of sp³-hybridized carbons (Fsp3) is 0.200. The van der Waals surface area contributed by atoms with Gasteiger partial charge < -0.3 is 8.98 Å². The number of anilines is 1. The van der Waals surface area contributed by atoms with E-state index in [1.54, 1.807) is 12.1 Å². The maximum Gasteiger partial charge on any atom is 0.332 e. The molecule has 0 saturated heterocycles. The van der Waals surface area contributed by atoms with Gasteiger partial charge in [0, 0.05) is 14.1 Å². The summed E-state index contributed by atoms with van der Waals surface area (Å²) in [6.45, 7) is -0.230. The summed E-state index contributed by atoms with van der Waals surface area (Å²) in [6.07, 6.45) is 1.32. The van der Waals surface area contributed by atoms with Crippen molar-refractivity contribution in [2.24, 2.45) is 14.1 Å². The van der Waals surface area contributed by atoms with Gasteiger partial charge in [0.1, 0.15) is 6.54 Å². The van der Waals surface area contributed by atoms with Crippen molar-refractivity contribution >= 4 is 46.0 Å². The first-order chi connectivity index (χ1) is 13.3. The number of fused-ring (bicyclic) bond motifs is 1. The number of carbonyl (C=O) groups is 1. The number of imidazole rings is 1. The van der Waals surface area contributed by atoms with Gasteiger partial charge in [0.15, 0.2) is 11.2 Å². The monoisotopic (exact) mass is 421 g/mol. The van der Waals surface area contributed by atoms with Crippen LogP contribution in [0.5, 0.6) is 0 Å². The van der Waals surface area contributed by atoms with Gasteiger partial charge >= 0.3 is 11.7 Å². The summed E-state index contributed by atoms with van der Waals surface area (Å²) in [4.78, 5) is 41.4. The number of rotatable bonds is 4. The molecule has 0 aliphatic rings. The highest BCUT2D eigenvalue weighted by Gasteiger charge is 2.17. The average molecular weight is 422 g/mol. The normalized spacial score (nSPS) is 11.2. The minimum absolute atomic E-state index is 0.0887. The van der Waals surface area contributed by atoms with Crippen LogP contribution in [0.25, 0.3) is 21.9 Å². The SMILES string of the molecule is Cn1c(=O)c2c(ncn2CC(=O)Nc2nnc(-c3ccc(Cl)s3)o2)n(C)c1=O. The first-order valence-corrected chi connectivity index (χ1v) is 9.04. The van der Waals surface area contributed by atoms with Crippen LogP contribution in [-0.4, -0.2) is 34.8 Å². The fourth-order valence-electron chi connectivity index (χ4n) is 2.63. The lowest BCUT2D eigenvalue weighted by atomic mass is 10.4. The molecule has 0 saturated carbocycles. The Hall–Kier alpha value is -3.25. The summed E-state index contributed by atoms with van der Waals surface area (Å²) < 4.78 is 9.51. The van der Waals surface area contributed by atoms with Gasteiger partial charge in [0.25, 0.3) is 11.4 Å². The first-order valence-electron chi connectivity index (χ1n) is 7.85. The van der Waals surface area contributed by atoms with Crippen molar-refractivity contribution in [3.8, 4) is 10.8 Å². The largest absolute Gasteiger partial charge is 0.402 e. The fourth-order valence-corrected chi connectivity index (χ4v) is 3.60. The number of halogens is 1. The van der Waals surface area contributed by atoms with Gasteiger partial charge in [-0.2, -0.15) is 0 Å². The second-order valence-corrected chi connectivity index (χ2v) is 7.53. The van der Waals surface area contributed by atoms with E-state index in [-0.39, 0.29) is 29.6 Å². The number of hydrogen-bond donors (Lipinski definition) is 1. The van der Waals surface area contributed by atoms with E-state index in [1.807, 2.05) is 0 Å². The maximum absolute atomic E-state index is 12.4. The molecule has 0 aliphatic heterocycles. The van der Waals surface area contributed by atoms with Crippen LogP contribution >= 0.6 is 22.9 Å². The molecule has 0 atom stereocenters. The Morgan fingerprint density at radius 3 is 2.75 bits per heavy atom. The minimum Gasteiger partial charge on any atom is -0.402 e. The van der Waals surface area contributed by atoms with E-state index in [1.165, 1.54) is 40.9 Å². The molecule has 144 valence electrons. The van der Waals surface area contributed by atoms with E-state index in [4.69, 9.17) is 16.0 Å². The van der Waals surface area contributed by atoms with Crippen LogP contribution in [0.3, 0.4) is 0 Å². The van der Waals surface area contributed by atoms with Gasteiger partial charge in [-0.1, -0.05) is 16.7 Å². The number of carbonyl (C=O) groups excluding carboxylic acids is 1. The molecule has 4 aromatic heterocycles. The van der Waals surface area contributed by atoms with Crippen molar-refractivity contribution in [3.63, 3.8) is 0 Å². The van der Waals surface area contributed by atoms with Gasteiger partial charge in [0.05, 0.1) is 15.5 Å². The van der Waals surface area contributed by atoms with Gasteiger partial charge in [-0.25, -0.2) is 9.78 Å². The van der Waals surface area contributed by atoms with Crippen LogP contribution in [0.4, 0.5) is 6.01 Å². The number of aryl methyl sites for hydroxylation is 1. The quantitative estimate of drug-likeness (QED) is 0.516. The summed E-state index contributed by atoms with van der Waals surface area (Å²) in [6, 6.07) is 3.33. The van der Waals surface area contributed by atoms with Gasteiger partial charge in [-0.05, 0) is 12.1 Å². The lowest BCUT2D eigenvalue weighted by molar-refractivity contribution is -0.116. The summed E-state index contributed by atoms with van der Waals surface area (Å²) >= 11 is 7.14. The highest BCUT2D eigenvalue weighted by molar-refractivity contribution is 7.19. The molecule has 28 heavy (non-hydrogen) atoms. The third kappa shape index (κ3) is 3.01. The second kappa shape index (κ2) is 6.73. The number of hydrogen-bond acceptors (Lipinski definition) is 8. The molecular weight excluding hydrogens is 410 g/mol. The van der Waals surface area contributed by atoms with Gasteiger partial charge in [-0.3, -0.25) is 24.0 Å². The molecule has 1 N–H and O–H groups in total. The topological polar surface area (TPSA) is 130 Å². The molecule has 0 spiro atoms. The third-order valence-corrected chi connectivity index (χ3v) is 5.21. The van der Waals surface area contributed by atoms with Crippen molar-refractivity contribution in [1.82, 2.24) is 28.9 Å². The third-order valence-electron chi connectivity index (χ3n) is 3.99. The molecule has 1 amide bonds. The van der Waals surface area contributed by atoms with Crippen LogP contribution < -0.4 is 16.6 Å². The Labute approximate surface area is 164 Å². The van der Waals surface area contributed by atoms with E-state index in [2.05, 4.69) is 20.5 Å². The maximum atomic E-state index is 12.4. The molecule has 0 unspecified atom stereocenters. The number of nitrogens with zero attached hydrogens (tertiary/aromatic N) is 6. The Morgan fingerprint density at radius 2 is 2.04 bits per heavy atom. The Kier molecular flexibility index (Phi) is 4.35. The molecule has 0 bridgehead atoms. The number of nitrogens with one attached hydrogen (secondary N) is 1. The van der Waals surface area contributed by atoms with Crippen molar-refractivity contribution in [3.05, 3.63) is 43.6 Å². The molecule has 0 aliphatic carbocycles. The van der Waals surface area contributed by atoms with Crippen LogP contribution in [0.15, 0.2) is 32.5 Å². The zero-order valence-electron chi connectivity index (χ0n) is 14.5. The molecule has 13 heteroatoms. The van der Waals surface area contributed by atoms with Crippen LogP contribution in [-0.2, 0) is 25.4 Å². The molecule has 4 rings (SSSR count). The minimum atomic E-state index is -0.543. The predicted octanol–water partition coefficient (Wildman–Crippen LogP) is 0.837. The Bertz CT molecular complexity index is 1330. The Morgan fingerprint density at radius 1 is 1.25 bits per heavy atom. The molecule has 4 heterocycles. The standard InChI is InChI=1S/C15H12ClN7O4S/c1-21-11-10(13(25)22(2)15(21)26)23(6-17-11)5-9(24)18-14-20-19-12(27-14)7-3-4-8(16)28-7/h3-4,6H,5H2,1-2H3,(H,18,20,24). The second-order valence-electron chi connectivity index (χ2n) is 5.81. The van der Waals surface area contributed by atoms with Crippen molar-refractivity contribution < 1.29 is 9.21 Å². The van der Waals surface area contributed by atoms with Crippen molar-refractivity contribution in [2.75, 3.05) is 5.32 Å². The van der Waals surface area contributed by atoms with Gasteiger partial charge in [0.2, 0.25) is 5.91 Å². The lowest BCUT2D eigenvalue weighted by Gasteiger charge is -2.06. The van der Waals surface area contributed by atoms with E-state index < -0.39 is 17.2 Å². The zero-order valence-corrected chi connectivity index (χ0v) is 16.1. The first kappa shape index (κ1) is 18.1. The molecule has 0 fully saturated rings. The zero-order chi connectivity index (χ0) is 20.0. The van der Waals surface area contributed by atoms with E-state index >= 15 is 0 Å². The summed E-state index contributed by atoms with van der Waals surface area (Å²) in [5, 5.41) is 10.1. The van der Waals surface area contributed by atoms with Crippen LogP contribution in [0.2, 0.25) is 4.34 Å². The predicted molar refractivity (Wildman–Crippen MR) is 101 cm³/mol. The number of amides is 1. The van der Waals surface area contributed by atoms with Crippen LogP contribution in [0, 0.1) is 0 Å². The van der Waals surface area contributed by atoms with Crippen molar-refractivity contribution in [2.45, 2.75) is 6.54 Å². The average Bonchev–Trinajstić information content (AvgIpc) is 3.38. The van der Waals surface area contributed by atoms with Crippen LogP contribution in [0.1, 0.15) is 0 Å². The number of aromatic nitrogens is 6. The summed E-state index contributed by atoms with van der Waals surface area (Å²) in [7, 11) is 2.86. The highest BCUT2D eigenvalue weighted by atomic mass is 35.5. The summed E-state index contributed by atoms with van der Waals surface area (Å²) in [5.74, 6) is -0.279.